The van der Waals surface area contributed by atoms with Crippen molar-refractivity contribution < 1.29 is 14.8 Å². The number of rotatable bonds is 7. The van der Waals surface area contributed by atoms with Gasteiger partial charge >= 0.3 is 0 Å². The van der Waals surface area contributed by atoms with Crippen molar-refractivity contribution in [2.75, 3.05) is 6.54 Å². The smallest absolute Gasteiger partial charge is 0.267 e. The quantitative estimate of drug-likeness (QED) is 0.253. The molecule has 4 atom stereocenters. The second kappa shape index (κ2) is 10.6. The molecule has 4 rings (SSSR count). The average Bonchev–Trinajstić information content (AvgIpc) is 3.48. The maximum Gasteiger partial charge on any atom is 0.267 e. The van der Waals surface area contributed by atoms with Crippen LogP contribution in [0.5, 0.6) is 0 Å². The molecule has 33 heavy (non-hydrogen) atoms. The van der Waals surface area contributed by atoms with E-state index in [1.165, 1.54) is 36.7 Å². The molecule has 2 amide bonds. The van der Waals surface area contributed by atoms with Crippen LogP contribution < -0.4 is 21.8 Å². The van der Waals surface area contributed by atoms with Crippen molar-refractivity contribution in [3.63, 3.8) is 0 Å². The van der Waals surface area contributed by atoms with Gasteiger partial charge in [-0.05, 0) is 73.1 Å². The van der Waals surface area contributed by atoms with E-state index in [2.05, 4.69) is 34.6 Å². The third-order valence-electron chi connectivity index (χ3n) is 6.73. The number of benzene rings is 2. The lowest BCUT2D eigenvalue weighted by Gasteiger charge is -2.23. The average molecular weight is 447 g/mol. The molecule has 7 nitrogen and oxygen atoms in total. The summed E-state index contributed by atoms with van der Waals surface area (Å²) in [4.78, 5) is 23.7. The molecule has 0 aromatic heterocycles. The minimum Gasteiger partial charge on any atom is -0.339 e. The molecule has 2 aliphatic carbocycles. The highest BCUT2D eigenvalue weighted by Gasteiger charge is 2.38. The maximum atomic E-state index is 12.3. The molecule has 6 N–H and O–H groups in total. The Hall–Kier alpha value is -3.18. The molecule has 2 saturated carbocycles. The zero-order valence-corrected chi connectivity index (χ0v) is 18.5. The van der Waals surface area contributed by atoms with Crippen LogP contribution in [0, 0.1) is 23.7 Å². The summed E-state index contributed by atoms with van der Waals surface area (Å²) in [6.07, 6.45) is 5.55. The largest absolute Gasteiger partial charge is 0.339 e. The van der Waals surface area contributed by atoms with Crippen molar-refractivity contribution in [1.82, 2.24) is 16.1 Å². The van der Waals surface area contributed by atoms with Crippen molar-refractivity contribution in [2.45, 2.75) is 44.3 Å². The van der Waals surface area contributed by atoms with Gasteiger partial charge in [-0.15, -0.1) is 0 Å². The van der Waals surface area contributed by atoms with Crippen LogP contribution in [0.3, 0.4) is 0 Å². The fourth-order valence-corrected chi connectivity index (χ4v) is 4.85. The SMILES string of the molecule is NC[C@H](NC(=O)c1ccc(C#Cc2ccc(CNC3C[C@@H]4CCC3C4)cc2)cc1)C(=O)NO. The molecule has 2 fully saturated rings. The predicted molar refractivity (Wildman–Crippen MR) is 125 cm³/mol. The van der Waals surface area contributed by atoms with Crippen LogP contribution in [0.15, 0.2) is 48.5 Å². The van der Waals surface area contributed by atoms with Gasteiger partial charge in [-0.25, -0.2) is 5.48 Å². The molecule has 2 aliphatic rings. The molecular formula is C26H30N4O3. The molecule has 7 heteroatoms. The Kier molecular flexibility index (Phi) is 7.40. The number of nitrogens with one attached hydrogen (secondary N) is 3. The molecule has 172 valence electrons. The summed E-state index contributed by atoms with van der Waals surface area (Å²) in [5.41, 5.74) is 10.3. The molecule has 0 spiro atoms. The number of carbonyl (C=O) groups is 2. The minimum absolute atomic E-state index is 0.127. The van der Waals surface area contributed by atoms with Gasteiger partial charge in [0.05, 0.1) is 0 Å². The number of amides is 2. The lowest BCUT2D eigenvalue weighted by atomic mass is 9.95. The first-order valence-corrected chi connectivity index (χ1v) is 11.4. The molecule has 0 aliphatic heterocycles. The van der Waals surface area contributed by atoms with E-state index in [0.717, 1.165) is 29.5 Å². The number of carbonyl (C=O) groups excluding carboxylic acids is 2. The van der Waals surface area contributed by atoms with Crippen molar-refractivity contribution in [2.24, 2.45) is 17.6 Å². The molecule has 0 radical (unpaired) electrons. The Morgan fingerprint density at radius 1 is 1.00 bits per heavy atom. The van der Waals surface area contributed by atoms with Crippen LogP contribution in [-0.2, 0) is 11.3 Å². The number of hydrogen-bond acceptors (Lipinski definition) is 5. The normalized spacial score (nSPS) is 21.7. The van der Waals surface area contributed by atoms with Gasteiger partial charge in [0.15, 0.2) is 0 Å². The fourth-order valence-electron chi connectivity index (χ4n) is 4.85. The van der Waals surface area contributed by atoms with Gasteiger partial charge < -0.3 is 16.4 Å². The summed E-state index contributed by atoms with van der Waals surface area (Å²) < 4.78 is 0. The van der Waals surface area contributed by atoms with E-state index in [0.29, 0.717) is 11.6 Å². The molecule has 0 heterocycles. The maximum absolute atomic E-state index is 12.3. The van der Waals surface area contributed by atoms with E-state index in [-0.39, 0.29) is 6.54 Å². The van der Waals surface area contributed by atoms with E-state index >= 15 is 0 Å². The highest BCUT2D eigenvalue weighted by Crippen LogP contribution is 2.44. The van der Waals surface area contributed by atoms with E-state index in [1.807, 2.05) is 12.1 Å². The first-order valence-electron chi connectivity index (χ1n) is 11.4. The Morgan fingerprint density at radius 3 is 2.21 bits per heavy atom. The minimum atomic E-state index is -1.01. The molecule has 2 aromatic rings. The lowest BCUT2D eigenvalue weighted by molar-refractivity contribution is -0.130. The lowest BCUT2D eigenvalue weighted by Crippen LogP contribution is -2.50. The van der Waals surface area contributed by atoms with Crippen molar-refractivity contribution in [3.05, 3.63) is 70.8 Å². The van der Waals surface area contributed by atoms with Crippen LogP contribution in [0.4, 0.5) is 0 Å². The molecule has 2 bridgehead atoms. The monoisotopic (exact) mass is 446 g/mol. The fraction of sp³-hybridized carbons (Fsp3) is 0.385. The molecule has 0 saturated heterocycles. The van der Waals surface area contributed by atoms with Crippen LogP contribution in [-0.4, -0.2) is 35.7 Å². The highest BCUT2D eigenvalue weighted by atomic mass is 16.5. The topological polar surface area (TPSA) is 116 Å². The number of nitrogens with two attached hydrogens (primary N) is 1. The van der Waals surface area contributed by atoms with Crippen molar-refractivity contribution in [1.29, 1.82) is 0 Å². The van der Waals surface area contributed by atoms with E-state index in [9.17, 15) is 9.59 Å². The van der Waals surface area contributed by atoms with Gasteiger partial charge in [-0.2, -0.15) is 0 Å². The Labute approximate surface area is 194 Å². The van der Waals surface area contributed by atoms with Crippen LogP contribution in [0.2, 0.25) is 0 Å². The van der Waals surface area contributed by atoms with E-state index in [4.69, 9.17) is 10.9 Å². The summed E-state index contributed by atoms with van der Waals surface area (Å²) in [5.74, 6) is 6.86. The predicted octanol–water partition coefficient (Wildman–Crippen LogP) is 1.93. The molecule has 2 aromatic carbocycles. The Morgan fingerprint density at radius 2 is 1.67 bits per heavy atom. The zero-order chi connectivity index (χ0) is 23.2. The van der Waals surface area contributed by atoms with Gasteiger partial charge in [0.2, 0.25) is 0 Å². The van der Waals surface area contributed by atoms with Gasteiger partial charge in [0.25, 0.3) is 11.8 Å². The number of fused-ring (bicyclic) bond motifs is 2. The van der Waals surface area contributed by atoms with E-state index < -0.39 is 17.9 Å². The van der Waals surface area contributed by atoms with Crippen LogP contribution >= 0.6 is 0 Å². The van der Waals surface area contributed by atoms with Crippen molar-refractivity contribution >= 4 is 11.8 Å². The number of hydrogen-bond donors (Lipinski definition) is 5. The highest BCUT2D eigenvalue weighted by molar-refractivity contribution is 5.97. The summed E-state index contributed by atoms with van der Waals surface area (Å²) in [5, 5.41) is 14.9. The van der Waals surface area contributed by atoms with Gasteiger partial charge in [0.1, 0.15) is 6.04 Å². The molecule has 2 unspecified atom stereocenters. The Bertz CT molecular complexity index is 1040. The van der Waals surface area contributed by atoms with Crippen LogP contribution in [0.1, 0.15) is 52.7 Å². The summed E-state index contributed by atoms with van der Waals surface area (Å²) in [6, 6.07) is 14.7. The Balaban J connectivity index is 1.29. The third-order valence-corrected chi connectivity index (χ3v) is 6.73. The zero-order valence-electron chi connectivity index (χ0n) is 18.5. The summed E-state index contributed by atoms with van der Waals surface area (Å²) >= 11 is 0. The first kappa shape index (κ1) is 23.0. The van der Waals surface area contributed by atoms with E-state index in [1.54, 1.807) is 24.3 Å². The van der Waals surface area contributed by atoms with Gasteiger partial charge in [-0.3, -0.25) is 14.8 Å². The second-order valence-electron chi connectivity index (χ2n) is 8.92. The van der Waals surface area contributed by atoms with Gasteiger partial charge in [-0.1, -0.05) is 30.4 Å². The van der Waals surface area contributed by atoms with Gasteiger partial charge in [0, 0.05) is 35.8 Å². The molecular weight excluding hydrogens is 416 g/mol. The van der Waals surface area contributed by atoms with Crippen LogP contribution in [0.25, 0.3) is 0 Å². The summed E-state index contributed by atoms with van der Waals surface area (Å²) in [6.45, 7) is 0.772. The first-order chi connectivity index (χ1) is 16.1. The van der Waals surface area contributed by atoms with Crippen molar-refractivity contribution in [3.8, 4) is 11.8 Å². The third kappa shape index (κ3) is 5.79. The number of hydroxylamine groups is 1. The second-order valence-corrected chi connectivity index (χ2v) is 8.92. The summed E-state index contributed by atoms with van der Waals surface area (Å²) in [7, 11) is 0. The standard InChI is InChI=1S/C26H30N4O3/c27-15-24(26(32)30-33)29-25(31)21-10-7-18(8-11-21)2-1-17-3-5-19(6-4-17)16-28-23-14-20-9-12-22(23)13-20/h3-8,10-11,20,22-24,28,33H,9,12-16,27H2,(H,29,31)(H,30,32)/t20-,22?,23?,24+/m1/s1.